The lowest BCUT2D eigenvalue weighted by Crippen LogP contribution is -2.55. The molecule has 0 aromatic carbocycles. The first-order valence-electron chi connectivity index (χ1n) is 11.4. The number of fused-ring (bicyclic) bond motifs is 1. The molecular weight excluding hydrogens is 412 g/mol. The molecular formula is C25H34O7. The summed E-state index contributed by atoms with van der Waals surface area (Å²) in [5, 5.41) is 20.0. The monoisotopic (exact) mass is 446 g/mol. The first-order valence-corrected chi connectivity index (χ1v) is 11.4. The predicted molar refractivity (Wildman–Crippen MR) is 117 cm³/mol. The molecule has 0 aromatic heterocycles. The van der Waals surface area contributed by atoms with Crippen LogP contribution in [0.4, 0.5) is 0 Å². The molecule has 32 heavy (non-hydrogen) atoms. The van der Waals surface area contributed by atoms with Crippen molar-refractivity contribution in [2.45, 2.75) is 72.5 Å². The van der Waals surface area contributed by atoms with Gasteiger partial charge in [0.1, 0.15) is 6.61 Å². The number of cyclic esters (lactones) is 1. The minimum absolute atomic E-state index is 0.0268. The first kappa shape index (κ1) is 24.2. The van der Waals surface area contributed by atoms with Gasteiger partial charge in [-0.3, -0.25) is 4.79 Å². The molecule has 0 aromatic rings. The van der Waals surface area contributed by atoms with Crippen LogP contribution in [0.3, 0.4) is 0 Å². The molecule has 0 bridgehead atoms. The molecule has 1 saturated carbocycles. The number of esters is 2. The zero-order valence-electron chi connectivity index (χ0n) is 19.3. The fourth-order valence-corrected chi connectivity index (χ4v) is 5.85. The molecule has 1 aliphatic heterocycles. The van der Waals surface area contributed by atoms with E-state index < -0.39 is 29.6 Å². The van der Waals surface area contributed by atoms with Gasteiger partial charge >= 0.3 is 17.9 Å². The number of hydrogen-bond acceptors (Lipinski definition) is 6. The van der Waals surface area contributed by atoms with E-state index >= 15 is 0 Å². The highest BCUT2D eigenvalue weighted by Gasteiger charge is 2.60. The van der Waals surface area contributed by atoms with E-state index in [1.165, 1.54) is 6.08 Å². The van der Waals surface area contributed by atoms with Crippen molar-refractivity contribution in [1.82, 2.24) is 0 Å². The molecule has 7 heteroatoms. The normalized spacial score (nSPS) is 34.8. The van der Waals surface area contributed by atoms with Gasteiger partial charge < -0.3 is 19.7 Å². The lowest BCUT2D eigenvalue weighted by Gasteiger charge is -2.57. The van der Waals surface area contributed by atoms with Crippen LogP contribution in [0.5, 0.6) is 0 Å². The summed E-state index contributed by atoms with van der Waals surface area (Å²) in [5.74, 6) is -1.71. The summed E-state index contributed by atoms with van der Waals surface area (Å²) in [6, 6.07) is 0. The molecule has 3 aliphatic rings. The highest BCUT2D eigenvalue weighted by atomic mass is 16.6. The number of carboxylic acids is 1. The van der Waals surface area contributed by atoms with Crippen LogP contribution in [0.1, 0.15) is 66.2 Å². The van der Waals surface area contributed by atoms with Crippen molar-refractivity contribution in [2.75, 3.05) is 6.61 Å². The van der Waals surface area contributed by atoms with Crippen LogP contribution >= 0.6 is 0 Å². The number of aliphatic hydroxyl groups excluding tert-OH is 1. The zero-order chi connectivity index (χ0) is 23.7. The van der Waals surface area contributed by atoms with E-state index in [1.54, 1.807) is 19.9 Å². The van der Waals surface area contributed by atoms with Gasteiger partial charge in [0.2, 0.25) is 6.29 Å². The molecule has 7 nitrogen and oxygen atoms in total. The highest BCUT2D eigenvalue weighted by Crippen LogP contribution is 2.62. The van der Waals surface area contributed by atoms with E-state index in [-0.39, 0.29) is 23.9 Å². The molecule has 5 atom stereocenters. The van der Waals surface area contributed by atoms with Gasteiger partial charge in [-0.05, 0) is 81.3 Å². The average Bonchev–Trinajstić information content (AvgIpc) is 3.09. The lowest BCUT2D eigenvalue weighted by atomic mass is 9.46. The van der Waals surface area contributed by atoms with E-state index in [0.717, 1.165) is 19.3 Å². The minimum atomic E-state index is -1.20. The Kier molecular flexibility index (Phi) is 6.98. The molecule has 3 rings (SSSR count). The van der Waals surface area contributed by atoms with E-state index in [2.05, 4.69) is 13.8 Å². The zero-order valence-corrected chi connectivity index (χ0v) is 19.3. The van der Waals surface area contributed by atoms with E-state index in [4.69, 9.17) is 9.47 Å². The maximum absolute atomic E-state index is 12.8. The number of rotatable bonds is 7. The Hall–Kier alpha value is -2.41. The fourth-order valence-electron chi connectivity index (χ4n) is 5.85. The number of allylic oxidation sites excluding steroid dienone is 2. The largest absolute Gasteiger partial charge is 0.481 e. The second kappa shape index (κ2) is 9.22. The van der Waals surface area contributed by atoms with Crippen LogP contribution in [0.2, 0.25) is 0 Å². The summed E-state index contributed by atoms with van der Waals surface area (Å²) in [4.78, 5) is 37.0. The highest BCUT2D eigenvalue weighted by molar-refractivity contribution is 5.90. The van der Waals surface area contributed by atoms with Gasteiger partial charge in [-0.25, -0.2) is 9.59 Å². The quantitative estimate of drug-likeness (QED) is 0.346. The van der Waals surface area contributed by atoms with Crippen molar-refractivity contribution in [1.29, 1.82) is 0 Å². The molecule has 0 saturated heterocycles. The number of carbonyl (C=O) groups excluding carboxylic acids is 2. The van der Waals surface area contributed by atoms with Crippen molar-refractivity contribution >= 4 is 17.9 Å². The van der Waals surface area contributed by atoms with Gasteiger partial charge in [-0.2, -0.15) is 0 Å². The summed E-state index contributed by atoms with van der Waals surface area (Å²) in [6.45, 7) is 7.67. The van der Waals surface area contributed by atoms with Crippen LogP contribution in [-0.2, 0) is 23.9 Å². The fraction of sp³-hybridized carbons (Fsp3) is 0.640. The Bertz CT molecular complexity index is 883. The SMILES string of the molecule is CC=C(C)C(=O)OCC1=CCCC2C1(C(=O)O)CCC(C)C2(C)CCC1=CC(O)OC1=O. The van der Waals surface area contributed by atoms with Crippen LogP contribution in [0.15, 0.2) is 34.9 Å². The summed E-state index contributed by atoms with van der Waals surface area (Å²) in [6.07, 6.45) is 7.56. The molecule has 176 valence electrons. The van der Waals surface area contributed by atoms with Gasteiger partial charge in [0, 0.05) is 11.1 Å². The van der Waals surface area contributed by atoms with Crippen LogP contribution in [0.25, 0.3) is 0 Å². The molecule has 1 heterocycles. The summed E-state index contributed by atoms with van der Waals surface area (Å²) in [5.41, 5.74) is 0.177. The summed E-state index contributed by atoms with van der Waals surface area (Å²) >= 11 is 0. The molecule has 0 amide bonds. The van der Waals surface area contributed by atoms with E-state index in [9.17, 15) is 24.6 Å². The maximum atomic E-state index is 12.8. The molecule has 2 N–H and O–H groups in total. The van der Waals surface area contributed by atoms with Gasteiger partial charge in [0.25, 0.3) is 0 Å². The molecule has 0 spiro atoms. The number of aliphatic carboxylic acids is 1. The Balaban J connectivity index is 1.88. The third kappa shape index (κ3) is 4.15. The summed E-state index contributed by atoms with van der Waals surface area (Å²) in [7, 11) is 0. The van der Waals surface area contributed by atoms with Crippen LogP contribution in [-0.4, -0.2) is 41.0 Å². The smallest absolute Gasteiger partial charge is 0.336 e. The lowest BCUT2D eigenvalue weighted by molar-refractivity contribution is -0.164. The molecule has 5 unspecified atom stereocenters. The van der Waals surface area contributed by atoms with Crippen molar-refractivity contribution in [3.63, 3.8) is 0 Å². The van der Waals surface area contributed by atoms with Crippen molar-refractivity contribution in [3.05, 3.63) is 34.9 Å². The molecule has 1 fully saturated rings. The standard InChI is InChI=1S/C25H34O7/c1-5-15(2)21(27)31-14-18-7-6-8-19-24(4,11-10-17-13-20(26)32-22(17)28)16(3)9-12-25(18,19)23(29)30/h5,7,13,16,19-20,26H,6,8-12,14H2,1-4H3,(H,29,30). The number of carboxylic acid groups (broad SMARTS) is 1. The molecule has 0 radical (unpaired) electrons. The number of aliphatic hydroxyl groups is 1. The Morgan fingerprint density at radius 3 is 2.66 bits per heavy atom. The van der Waals surface area contributed by atoms with Gasteiger partial charge in [-0.1, -0.05) is 26.0 Å². The number of hydrogen-bond donors (Lipinski definition) is 2. The van der Waals surface area contributed by atoms with Crippen molar-refractivity contribution < 1.29 is 34.1 Å². The first-order chi connectivity index (χ1) is 15.1. The van der Waals surface area contributed by atoms with Crippen LogP contribution < -0.4 is 0 Å². The number of ether oxygens (including phenoxy) is 2. The second-order valence-electron chi connectivity index (χ2n) is 9.62. The Morgan fingerprint density at radius 2 is 2.06 bits per heavy atom. The third-order valence-electron chi connectivity index (χ3n) is 8.17. The minimum Gasteiger partial charge on any atom is -0.481 e. The van der Waals surface area contributed by atoms with E-state index in [0.29, 0.717) is 36.0 Å². The van der Waals surface area contributed by atoms with Crippen LogP contribution in [0, 0.1) is 22.7 Å². The Labute approximate surface area is 189 Å². The Morgan fingerprint density at radius 1 is 1.34 bits per heavy atom. The van der Waals surface area contributed by atoms with Gasteiger partial charge in [0.05, 0.1) is 5.41 Å². The van der Waals surface area contributed by atoms with Gasteiger partial charge in [0.15, 0.2) is 0 Å². The third-order valence-corrected chi connectivity index (χ3v) is 8.17. The molecule has 2 aliphatic carbocycles. The summed E-state index contributed by atoms with van der Waals surface area (Å²) < 4.78 is 10.3. The second-order valence-corrected chi connectivity index (χ2v) is 9.62. The van der Waals surface area contributed by atoms with Crippen molar-refractivity contribution in [2.24, 2.45) is 22.7 Å². The maximum Gasteiger partial charge on any atom is 0.336 e. The average molecular weight is 447 g/mol. The number of carbonyl (C=O) groups is 3. The topological polar surface area (TPSA) is 110 Å². The predicted octanol–water partition coefficient (Wildman–Crippen LogP) is 3.92. The van der Waals surface area contributed by atoms with E-state index in [1.807, 2.05) is 6.08 Å². The van der Waals surface area contributed by atoms with Crippen molar-refractivity contribution in [3.8, 4) is 0 Å². The van der Waals surface area contributed by atoms with Gasteiger partial charge in [-0.15, -0.1) is 0 Å².